The normalized spacial score (nSPS) is 23.4. The molecule has 1 saturated heterocycles. The number of amides is 1. The molecule has 0 bridgehead atoms. The molecule has 2 unspecified atom stereocenters. The largest absolute Gasteiger partial charge is 0.455 e. The van der Waals surface area contributed by atoms with Crippen molar-refractivity contribution in [2.45, 2.75) is 44.9 Å². The number of piperazine rings is 1. The smallest absolute Gasteiger partial charge is 0.255 e. The Bertz CT molecular complexity index is 1850. The second-order valence-electron chi connectivity index (χ2n) is 10.9. The number of H-pyrrole nitrogens is 1. The van der Waals surface area contributed by atoms with Crippen molar-refractivity contribution in [1.29, 1.82) is 0 Å². The topological polar surface area (TPSA) is 111 Å². The van der Waals surface area contributed by atoms with Crippen LogP contribution in [0.2, 0.25) is 0 Å². The summed E-state index contributed by atoms with van der Waals surface area (Å²) in [5, 5.41) is 10.5. The number of hydrogen-bond donors (Lipinski definition) is 3. The maximum atomic E-state index is 13.8. The molecule has 0 radical (unpaired) electrons. The number of sulfonamides is 1. The Balaban J connectivity index is 1.54. The molecule has 11 heteroatoms. The Labute approximate surface area is 238 Å². The van der Waals surface area contributed by atoms with E-state index in [0.717, 1.165) is 28.2 Å². The molecule has 1 aliphatic carbocycles. The second kappa shape index (κ2) is 10.0. The first-order chi connectivity index (χ1) is 19.5. The molecule has 4 heterocycles. The molecule has 2 aliphatic heterocycles. The van der Waals surface area contributed by atoms with Crippen LogP contribution in [-0.4, -0.2) is 56.9 Å². The number of fused-ring (bicyclic) bond motifs is 4. The summed E-state index contributed by atoms with van der Waals surface area (Å²) in [6, 6.07) is 4.98. The predicted molar refractivity (Wildman–Crippen MR) is 159 cm³/mol. The van der Waals surface area contributed by atoms with Crippen molar-refractivity contribution in [3.63, 3.8) is 0 Å². The lowest BCUT2D eigenvalue weighted by Crippen LogP contribution is -2.54. The predicted octanol–water partition coefficient (Wildman–Crippen LogP) is 3.18. The number of furan rings is 1. The number of aromatic nitrogens is 1. The number of carbonyl (C=O) groups is 1. The zero-order chi connectivity index (χ0) is 29.2. The van der Waals surface area contributed by atoms with Gasteiger partial charge in [-0.15, -0.1) is 0 Å². The molecule has 0 spiro atoms. The fraction of sp³-hybridized carbons (Fsp3) is 0.367. The second-order valence-corrected chi connectivity index (χ2v) is 12.7. The molecular formula is C30H34FN5O4S. The average Bonchev–Trinajstić information content (AvgIpc) is 3.62. The average molecular weight is 580 g/mol. The van der Waals surface area contributed by atoms with Crippen LogP contribution < -0.4 is 25.6 Å². The van der Waals surface area contributed by atoms with Gasteiger partial charge in [0.05, 0.1) is 29.6 Å². The van der Waals surface area contributed by atoms with E-state index >= 15 is 0 Å². The van der Waals surface area contributed by atoms with Crippen LogP contribution in [-0.2, 0) is 10.0 Å². The third kappa shape index (κ3) is 4.43. The summed E-state index contributed by atoms with van der Waals surface area (Å²) in [5.41, 5.74) is 4.65. The molecule has 1 amide bonds. The Morgan fingerprint density at radius 1 is 1.24 bits per heavy atom. The first kappa shape index (κ1) is 27.5. The summed E-state index contributed by atoms with van der Waals surface area (Å²) in [5.74, 6) is -0.00714. The molecule has 0 saturated carbocycles. The molecule has 2 aromatic heterocycles. The van der Waals surface area contributed by atoms with Crippen LogP contribution in [0.25, 0.3) is 28.7 Å². The maximum absolute atomic E-state index is 13.8. The molecule has 9 nitrogen and oxygen atoms in total. The van der Waals surface area contributed by atoms with Gasteiger partial charge in [-0.05, 0) is 42.3 Å². The van der Waals surface area contributed by atoms with Crippen molar-refractivity contribution in [2.24, 2.45) is 0 Å². The number of carbonyl (C=O) groups excluding carboxylic acids is 1. The minimum atomic E-state index is -3.76. The zero-order valence-corrected chi connectivity index (χ0v) is 24.4. The van der Waals surface area contributed by atoms with Gasteiger partial charge < -0.3 is 20.0 Å². The number of benzene rings is 1. The molecule has 3 aliphatic rings. The van der Waals surface area contributed by atoms with Crippen molar-refractivity contribution < 1.29 is 22.0 Å². The maximum Gasteiger partial charge on any atom is 0.255 e. The van der Waals surface area contributed by atoms with E-state index in [1.807, 2.05) is 11.1 Å². The Hall–Kier alpha value is -3.67. The van der Waals surface area contributed by atoms with E-state index in [0.29, 0.717) is 46.6 Å². The molecule has 3 aromatic rings. The number of nitrogens with one attached hydrogen (secondary N) is 3. The van der Waals surface area contributed by atoms with Crippen molar-refractivity contribution >= 4 is 50.3 Å². The highest BCUT2D eigenvalue weighted by Crippen LogP contribution is 2.49. The van der Waals surface area contributed by atoms with E-state index in [4.69, 9.17) is 4.42 Å². The van der Waals surface area contributed by atoms with Gasteiger partial charge >= 0.3 is 0 Å². The highest BCUT2D eigenvalue weighted by molar-refractivity contribution is 7.92. The van der Waals surface area contributed by atoms with Gasteiger partial charge in [0.15, 0.2) is 0 Å². The van der Waals surface area contributed by atoms with Crippen molar-refractivity contribution in [2.75, 3.05) is 30.8 Å². The lowest BCUT2D eigenvalue weighted by molar-refractivity contribution is 0.0963. The van der Waals surface area contributed by atoms with Gasteiger partial charge in [-0.25, -0.2) is 12.8 Å². The number of rotatable bonds is 5. The van der Waals surface area contributed by atoms with Crippen LogP contribution in [0, 0.1) is 0 Å². The van der Waals surface area contributed by atoms with Gasteiger partial charge in [-0.1, -0.05) is 31.2 Å². The van der Waals surface area contributed by atoms with Gasteiger partial charge in [0, 0.05) is 54.6 Å². The monoisotopic (exact) mass is 579 g/mol. The van der Waals surface area contributed by atoms with E-state index in [1.54, 1.807) is 25.3 Å². The molecular weight excluding hydrogens is 545 g/mol. The van der Waals surface area contributed by atoms with E-state index in [9.17, 15) is 17.6 Å². The Morgan fingerprint density at radius 2 is 2.00 bits per heavy atom. The zero-order valence-electron chi connectivity index (χ0n) is 23.5. The first-order valence-corrected chi connectivity index (χ1v) is 15.6. The van der Waals surface area contributed by atoms with E-state index in [2.05, 4.69) is 42.1 Å². The highest BCUT2D eigenvalue weighted by Gasteiger charge is 2.48. The molecule has 3 atom stereocenters. The molecule has 1 aromatic carbocycles. The van der Waals surface area contributed by atoms with Crippen LogP contribution in [0.1, 0.15) is 66.1 Å². The Kier molecular flexibility index (Phi) is 6.71. The fourth-order valence-corrected chi connectivity index (χ4v) is 7.25. The minimum Gasteiger partial charge on any atom is -0.455 e. The molecule has 1 fully saturated rings. The van der Waals surface area contributed by atoms with Gasteiger partial charge in [-0.3, -0.25) is 4.79 Å². The summed E-state index contributed by atoms with van der Waals surface area (Å²) in [4.78, 5) is 16.5. The third-order valence-electron chi connectivity index (χ3n) is 8.27. The number of halogens is 1. The van der Waals surface area contributed by atoms with Crippen molar-refractivity contribution in [3.05, 3.63) is 69.6 Å². The number of hydrogen-bond acceptors (Lipinski definition) is 6. The number of nitrogens with zero attached hydrogens (tertiary/aromatic N) is 2. The van der Waals surface area contributed by atoms with E-state index < -0.39 is 16.2 Å². The van der Waals surface area contributed by atoms with E-state index in [1.165, 1.54) is 22.3 Å². The number of aromatic amines is 1. The molecule has 41 heavy (non-hydrogen) atoms. The molecule has 6 rings (SSSR count). The van der Waals surface area contributed by atoms with Crippen LogP contribution >= 0.6 is 0 Å². The fourth-order valence-electron chi connectivity index (χ4n) is 6.16. The highest BCUT2D eigenvalue weighted by atomic mass is 32.2. The van der Waals surface area contributed by atoms with Crippen molar-refractivity contribution in [1.82, 2.24) is 20.6 Å². The Morgan fingerprint density at radius 3 is 2.66 bits per heavy atom. The molecule has 3 N–H and O–H groups in total. The van der Waals surface area contributed by atoms with Crippen molar-refractivity contribution in [3.8, 4) is 0 Å². The molecule has 216 valence electrons. The summed E-state index contributed by atoms with van der Waals surface area (Å²) in [6.45, 7) is 9.39. The van der Waals surface area contributed by atoms with Gasteiger partial charge in [-0.2, -0.15) is 9.42 Å². The van der Waals surface area contributed by atoms with Gasteiger partial charge in [0.1, 0.15) is 17.5 Å². The van der Waals surface area contributed by atoms with Crippen LogP contribution in [0.15, 0.2) is 40.8 Å². The summed E-state index contributed by atoms with van der Waals surface area (Å²) in [6.07, 6.45) is 5.94. The first-order valence-electron chi connectivity index (χ1n) is 13.8. The standard InChI is InChI=1S/C30H34FN5O4S/c1-6-16(2)20-12-23(34-17(20)3)26-15-33-14-25-21-11-22-27(13-24(21)36(35(25)26)41(5,38)39)40-29(28(22)30(37)32-4)18-7-9-19(31)10-8-18/h7-9,11-13,19,25-26,33-34H,3,6,10,14-15H2,1-2,4-5H3,(H,32,37)/b20-16-/t19?,25?,26-/m1/s1. The SMILES string of the molecule is C=c1[nH]c([C@H]2CNCC3c4cc5c(C(=O)NC)c(C6=CCC(F)C=C6)oc5cc4N(S(C)(=O)=O)N32)c/c1=C(\C)CC. The van der Waals surface area contributed by atoms with Crippen LogP contribution in [0.5, 0.6) is 0 Å². The summed E-state index contributed by atoms with van der Waals surface area (Å²) in [7, 11) is -2.21. The van der Waals surface area contributed by atoms with Gasteiger partial charge in [0.2, 0.25) is 10.0 Å². The number of hydrazine groups is 1. The van der Waals surface area contributed by atoms with Crippen LogP contribution in [0.3, 0.4) is 0 Å². The lowest BCUT2D eigenvalue weighted by Gasteiger charge is -2.41. The third-order valence-corrected chi connectivity index (χ3v) is 9.29. The quantitative estimate of drug-likeness (QED) is 0.429. The number of alkyl halides is 1. The summed E-state index contributed by atoms with van der Waals surface area (Å²) >= 11 is 0. The van der Waals surface area contributed by atoms with Gasteiger partial charge in [0.25, 0.3) is 5.91 Å². The van der Waals surface area contributed by atoms with E-state index in [-0.39, 0.29) is 24.4 Å². The van der Waals surface area contributed by atoms with Crippen LogP contribution in [0.4, 0.5) is 10.1 Å². The number of anilines is 1. The number of allylic oxidation sites excluding steroid dienone is 4. The minimum absolute atomic E-state index is 0.184. The summed E-state index contributed by atoms with van der Waals surface area (Å²) < 4.78 is 48.2. The lowest BCUT2D eigenvalue weighted by atomic mass is 9.96.